The van der Waals surface area contributed by atoms with E-state index in [2.05, 4.69) is 6.92 Å². The number of Topliss-reactive ketones (excluding diaryl/α,β-unsaturated/α-hetero) is 1. The van der Waals surface area contributed by atoms with Crippen molar-refractivity contribution >= 4 is 11.8 Å². The van der Waals surface area contributed by atoms with Crippen LogP contribution in [0.2, 0.25) is 0 Å². The molecule has 2 aromatic rings. The molecule has 1 atom stereocenters. The Morgan fingerprint density at radius 2 is 1.66 bits per heavy atom. The first-order chi connectivity index (χ1) is 16.9. The number of aromatic hydroxyl groups is 1. The van der Waals surface area contributed by atoms with E-state index in [1.165, 1.54) is 0 Å². The number of esters is 1. The van der Waals surface area contributed by atoms with Crippen molar-refractivity contribution < 1.29 is 33.6 Å². The molecule has 7 nitrogen and oxygen atoms in total. The lowest BCUT2D eigenvalue weighted by molar-refractivity contribution is -0.151. The zero-order valence-corrected chi connectivity index (χ0v) is 21.3. The molecule has 0 aliphatic heterocycles. The molecular weight excluding hydrogens is 448 g/mol. The molecule has 7 heteroatoms. The number of phenols is 1. The lowest BCUT2D eigenvalue weighted by atomic mass is 10.1. The maximum atomic E-state index is 12.2. The highest BCUT2D eigenvalue weighted by atomic mass is 16.6. The molecule has 0 heterocycles. The van der Waals surface area contributed by atoms with Crippen LogP contribution in [0.4, 0.5) is 0 Å². The van der Waals surface area contributed by atoms with Crippen LogP contribution in [-0.2, 0) is 27.2 Å². The fourth-order valence-corrected chi connectivity index (χ4v) is 3.59. The highest BCUT2D eigenvalue weighted by Gasteiger charge is 2.22. The third-order valence-electron chi connectivity index (χ3n) is 5.38. The molecule has 2 aromatic carbocycles. The van der Waals surface area contributed by atoms with Crippen LogP contribution < -0.4 is 14.2 Å². The quantitative estimate of drug-likeness (QED) is 0.250. The molecule has 0 saturated heterocycles. The van der Waals surface area contributed by atoms with E-state index < -0.39 is 6.10 Å². The van der Waals surface area contributed by atoms with E-state index in [-0.39, 0.29) is 17.5 Å². The summed E-state index contributed by atoms with van der Waals surface area (Å²) in [5.41, 5.74) is 1.82. The lowest BCUT2D eigenvalue weighted by Gasteiger charge is -2.20. The molecule has 2 rings (SSSR count). The Morgan fingerprint density at radius 3 is 2.31 bits per heavy atom. The predicted molar refractivity (Wildman–Crippen MR) is 134 cm³/mol. The molecule has 192 valence electrons. The standard InChI is InChI=1S/C28H38O7/c1-5-10-23-25(11-8-12-26(23)35-24(6-2)28(31)32-7-3)33-17-9-18-34-27-19-22(30)16-15-21(27)14-13-20(4)29/h8,11-12,15-16,19,24,30H,5-7,9-10,13-14,17-18H2,1-4H3. The van der Waals surface area contributed by atoms with Gasteiger partial charge < -0.3 is 28.8 Å². The van der Waals surface area contributed by atoms with Crippen LogP contribution in [0.3, 0.4) is 0 Å². The number of carbonyl (C=O) groups excluding carboxylic acids is 2. The van der Waals surface area contributed by atoms with E-state index in [1.54, 1.807) is 32.0 Å². The largest absolute Gasteiger partial charge is 0.508 e. The zero-order chi connectivity index (χ0) is 25.6. The number of rotatable bonds is 16. The molecule has 0 saturated carbocycles. The number of hydrogen-bond donors (Lipinski definition) is 1. The molecule has 0 spiro atoms. The molecule has 1 unspecified atom stereocenters. The third kappa shape index (κ3) is 9.15. The average molecular weight is 487 g/mol. The van der Waals surface area contributed by atoms with Crippen molar-refractivity contribution in [2.45, 2.75) is 72.3 Å². The topological polar surface area (TPSA) is 91.3 Å². The zero-order valence-electron chi connectivity index (χ0n) is 21.3. The molecule has 0 bridgehead atoms. The smallest absolute Gasteiger partial charge is 0.347 e. The number of phenolic OH excluding ortho intramolecular Hbond substituents is 1. The van der Waals surface area contributed by atoms with Gasteiger partial charge in [0.15, 0.2) is 6.10 Å². The first kappa shape index (κ1) is 28.0. The van der Waals surface area contributed by atoms with Crippen molar-refractivity contribution in [1.29, 1.82) is 0 Å². The maximum Gasteiger partial charge on any atom is 0.347 e. The van der Waals surface area contributed by atoms with Gasteiger partial charge in [-0.15, -0.1) is 0 Å². The molecule has 0 amide bonds. The van der Waals surface area contributed by atoms with E-state index in [0.717, 1.165) is 29.7 Å². The Morgan fingerprint density at radius 1 is 0.943 bits per heavy atom. The fourth-order valence-electron chi connectivity index (χ4n) is 3.59. The minimum absolute atomic E-state index is 0.110. The minimum atomic E-state index is -0.659. The average Bonchev–Trinajstić information content (AvgIpc) is 2.83. The van der Waals surface area contributed by atoms with Crippen LogP contribution in [0.5, 0.6) is 23.0 Å². The summed E-state index contributed by atoms with van der Waals surface area (Å²) < 4.78 is 23.1. The van der Waals surface area contributed by atoms with Crippen molar-refractivity contribution in [1.82, 2.24) is 0 Å². The Balaban J connectivity index is 1.98. The predicted octanol–water partition coefficient (Wildman–Crippen LogP) is 5.43. The monoisotopic (exact) mass is 486 g/mol. The highest BCUT2D eigenvalue weighted by molar-refractivity contribution is 5.76. The molecular formula is C28H38O7. The molecule has 1 N–H and O–H groups in total. The van der Waals surface area contributed by atoms with Gasteiger partial charge in [0, 0.05) is 24.5 Å². The fraction of sp³-hybridized carbons (Fsp3) is 0.500. The van der Waals surface area contributed by atoms with Crippen LogP contribution in [0.1, 0.15) is 64.5 Å². The summed E-state index contributed by atoms with van der Waals surface area (Å²) in [6, 6.07) is 10.6. The highest BCUT2D eigenvalue weighted by Crippen LogP contribution is 2.31. The van der Waals surface area contributed by atoms with Crippen LogP contribution in [0, 0.1) is 0 Å². The van der Waals surface area contributed by atoms with E-state index in [4.69, 9.17) is 18.9 Å². The van der Waals surface area contributed by atoms with Crippen LogP contribution in [-0.4, -0.2) is 42.8 Å². The van der Waals surface area contributed by atoms with Gasteiger partial charge in [-0.2, -0.15) is 0 Å². The second-order valence-corrected chi connectivity index (χ2v) is 8.29. The number of ether oxygens (including phenoxy) is 4. The summed E-state index contributed by atoms with van der Waals surface area (Å²) in [4.78, 5) is 23.5. The Hall–Kier alpha value is -3.22. The third-order valence-corrected chi connectivity index (χ3v) is 5.38. The molecule has 0 aromatic heterocycles. The first-order valence-electron chi connectivity index (χ1n) is 12.4. The molecule has 0 aliphatic rings. The van der Waals surface area contributed by atoms with Crippen LogP contribution in [0.25, 0.3) is 0 Å². The van der Waals surface area contributed by atoms with Gasteiger partial charge in [0.2, 0.25) is 0 Å². The second-order valence-electron chi connectivity index (χ2n) is 8.29. The molecule has 0 fully saturated rings. The summed E-state index contributed by atoms with van der Waals surface area (Å²) in [6.45, 7) is 8.44. The van der Waals surface area contributed by atoms with Gasteiger partial charge in [-0.05, 0) is 56.9 Å². The van der Waals surface area contributed by atoms with E-state index in [1.807, 2.05) is 25.1 Å². The van der Waals surface area contributed by atoms with Crippen LogP contribution in [0.15, 0.2) is 36.4 Å². The normalized spacial score (nSPS) is 11.5. The Kier molecular flexibility index (Phi) is 11.9. The summed E-state index contributed by atoms with van der Waals surface area (Å²) in [7, 11) is 0. The molecule has 0 radical (unpaired) electrons. The van der Waals surface area contributed by atoms with E-state index in [0.29, 0.717) is 57.0 Å². The first-order valence-corrected chi connectivity index (χ1v) is 12.4. The van der Waals surface area contributed by atoms with Crippen molar-refractivity contribution in [2.75, 3.05) is 19.8 Å². The van der Waals surface area contributed by atoms with Crippen molar-refractivity contribution in [3.05, 3.63) is 47.5 Å². The number of benzene rings is 2. The van der Waals surface area contributed by atoms with Gasteiger partial charge >= 0.3 is 5.97 Å². The summed E-state index contributed by atoms with van der Waals surface area (Å²) >= 11 is 0. The van der Waals surface area contributed by atoms with Crippen molar-refractivity contribution in [3.8, 4) is 23.0 Å². The molecule has 35 heavy (non-hydrogen) atoms. The Labute approximate surface area is 208 Å². The van der Waals surface area contributed by atoms with Gasteiger partial charge in [0.25, 0.3) is 0 Å². The summed E-state index contributed by atoms with van der Waals surface area (Å²) in [5, 5.41) is 9.81. The SMILES string of the molecule is CCCc1c(OCCCOc2cc(O)ccc2CCC(C)=O)cccc1OC(CC)C(=O)OCC. The van der Waals surface area contributed by atoms with Gasteiger partial charge in [0.05, 0.1) is 19.8 Å². The van der Waals surface area contributed by atoms with Gasteiger partial charge in [-0.25, -0.2) is 4.79 Å². The second kappa shape index (κ2) is 14.9. The lowest BCUT2D eigenvalue weighted by Crippen LogP contribution is -2.29. The van der Waals surface area contributed by atoms with Crippen molar-refractivity contribution in [3.63, 3.8) is 0 Å². The number of carbonyl (C=O) groups is 2. The summed E-state index contributed by atoms with van der Waals surface area (Å²) in [6.07, 6.45) is 3.13. The van der Waals surface area contributed by atoms with Gasteiger partial charge in [0.1, 0.15) is 28.8 Å². The Bertz CT molecular complexity index is 954. The number of aryl methyl sites for hydroxylation is 1. The van der Waals surface area contributed by atoms with E-state index in [9.17, 15) is 14.7 Å². The minimum Gasteiger partial charge on any atom is -0.508 e. The summed E-state index contributed by atoms with van der Waals surface area (Å²) in [5.74, 6) is 1.81. The molecule has 0 aliphatic carbocycles. The van der Waals surface area contributed by atoms with Crippen LogP contribution >= 0.6 is 0 Å². The van der Waals surface area contributed by atoms with Gasteiger partial charge in [-0.3, -0.25) is 0 Å². The van der Waals surface area contributed by atoms with E-state index >= 15 is 0 Å². The number of ketones is 1. The number of hydrogen-bond acceptors (Lipinski definition) is 7. The van der Waals surface area contributed by atoms with Crippen molar-refractivity contribution in [2.24, 2.45) is 0 Å². The van der Waals surface area contributed by atoms with Gasteiger partial charge in [-0.1, -0.05) is 32.4 Å². The maximum absolute atomic E-state index is 12.2.